The maximum atomic E-state index is 11.8. The Kier molecular flexibility index (Phi) is 6.38. The number of nitrogens with one attached hydrogen (secondary N) is 1. The Labute approximate surface area is 142 Å². The molecule has 0 atom stereocenters. The average Bonchev–Trinajstić information content (AvgIpc) is 2.61. The van der Waals surface area contributed by atoms with Gasteiger partial charge in [0.05, 0.1) is 32.3 Å². The monoisotopic (exact) mass is 348 g/mol. The van der Waals surface area contributed by atoms with Crippen LogP contribution < -0.4 is 14.9 Å². The van der Waals surface area contributed by atoms with E-state index in [0.717, 1.165) is 11.8 Å². The number of phenols is 1. The van der Waals surface area contributed by atoms with Crippen molar-refractivity contribution in [3.63, 3.8) is 0 Å². The quantitative estimate of drug-likeness (QED) is 0.337. The minimum atomic E-state index is -0.336. The zero-order valence-corrected chi connectivity index (χ0v) is 13.9. The molecule has 1 aromatic carbocycles. The van der Waals surface area contributed by atoms with Crippen LogP contribution in [-0.2, 0) is 4.79 Å². The number of benzene rings is 1. The largest absolute Gasteiger partial charge is 0.507 e. The summed E-state index contributed by atoms with van der Waals surface area (Å²) in [5, 5.41) is 13.7. The fraction of sp³-hybridized carbons (Fsp3) is 0.200. The van der Waals surface area contributed by atoms with E-state index in [1.54, 1.807) is 24.3 Å². The van der Waals surface area contributed by atoms with E-state index in [4.69, 9.17) is 9.47 Å². The van der Waals surface area contributed by atoms with Crippen molar-refractivity contribution in [3.05, 3.63) is 35.9 Å². The summed E-state index contributed by atoms with van der Waals surface area (Å²) in [7, 11) is 2.97. The highest BCUT2D eigenvalue weighted by molar-refractivity contribution is 7.99. The van der Waals surface area contributed by atoms with Crippen LogP contribution in [0.1, 0.15) is 5.56 Å². The van der Waals surface area contributed by atoms with Crippen LogP contribution in [0.15, 0.2) is 40.6 Å². The van der Waals surface area contributed by atoms with Gasteiger partial charge in [-0.25, -0.2) is 5.43 Å². The molecule has 0 aliphatic carbocycles. The Morgan fingerprint density at radius 2 is 1.96 bits per heavy atom. The normalized spacial score (nSPS) is 10.6. The molecule has 8 nitrogen and oxygen atoms in total. The lowest BCUT2D eigenvalue weighted by Crippen LogP contribution is -2.19. The first kappa shape index (κ1) is 17.5. The van der Waals surface area contributed by atoms with E-state index < -0.39 is 0 Å². The third-order valence-electron chi connectivity index (χ3n) is 2.74. The maximum absolute atomic E-state index is 11.8. The second-order valence-electron chi connectivity index (χ2n) is 4.38. The second kappa shape index (κ2) is 8.73. The van der Waals surface area contributed by atoms with E-state index in [9.17, 15) is 9.90 Å². The summed E-state index contributed by atoms with van der Waals surface area (Å²) in [4.78, 5) is 20.0. The standard InChI is InChI=1S/C15H16N4O4S/c1-22-13-7-14(23-2)18-15(17-13)24-9-12(21)19-16-8-10-5-3-4-6-11(10)20/h3-8,20H,9H2,1-2H3,(H,19,21). The van der Waals surface area contributed by atoms with Gasteiger partial charge in [-0.05, 0) is 12.1 Å². The lowest BCUT2D eigenvalue weighted by molar-refractivity contribution is -0.118. The average molecular weight is 348 g/mol. The Bertz CT molecular complexity index is 717. The number of carbonyl (C=O) groups excluding carboxylic acids is 1. The SMILES string of the molecule is COc1cc(OC)nc(SCC(=O)NN=Cc2ccccc2O)n1. The van der Waals surface area contributed by atoms with Crippen LogP contribution >= 0.6 is 11.8 Å². The minimum Gasteiger partial charge on any atom is -0.507 e. The molecule has 0 spiro atoms. The molecule has 24 heavy (non-hydrogen) atoms. The molecule has 0 radical (unpaired) electrons. The van der Waals surface area contributed by atoms with Crippen molar-refractivity contribution in [2.75, 3.05) is 20.0 Å². The third kappa shape index (κ3) is 5.13. The summed E-state index contributed by atoms with van der Waals surface area (Å²) in [5.41, 5.74) is 2.87. The van der Waals surface area contributed by atoms with Crippen molar-refractivity contribution in [1.29, 1.82) is 0 Å². The summed E-state index contributed by atoms with van der Waals surface area (Å²) in [6.45, 7) is 0. The summed E-state index contributed by atoms with van der Waals surface area (Å²) in [6, 6.07) is 8.21. The van der Waals surface area contributed by atoms with Crippen LogP contribution in [0.3, 0.4) is 0 Å². The molecule has 0 unspecified atom stereocenters. The topological polar surface area (TPSA) is 106 Å². The lowest BCUT2D eigenvalue weighted by Gasteiger charge is -2.05. The smallest absolute Gasteiger partial charge is 0.250 e. The van der Waals surface area contributed by atoms with E-state index in [1.165, 1.54) is 26.5 Å². The van der Waals surface area contributed by atoms with Crippen LogP contribution in [0.25, 0.3) is 0 Å². The molecule has 2 rings (SSSR count). The number of aromatic nitrogens is 2. The van der Waals surface area contributed by atoms with Gasteiger partial charge in [0.1, 0.15) is 5.75 Å². The van der Waals surface area contributed by atoms with Crippen LogP contribution in [-0.4, -0.2) is 47.2 Å². The lowest BCUT2D eigenvalue weighted by atomic mass is 10.2. The Morgan fingerprint density at radius 3 is 2.58 bits per heavy atom. The Morgan fingerprint density at radius 1 is 1.29 bits per heavy atom. The number of aromatic hydroxyl groups is 1. The predicted molar refractivity (Wildman–Crippen MR) is 89.7 cm³/mol. The number of hydrazone groups is 1. The second-order valence-corrected chi connectivity index (χ2v) is 5.32. The highest BCUT2D eigenvalue weighted by Gasteiger charge is 2.08. The van der Waals surface area contributed by atoms with Gasteiger partial charge in [-0.3, -0.25) is 4.79 Å². The summed E-state index contributed by atoms with van der Waals surface area (Å²) in [6.07, 6.45) is 1.36. The number of methoxy groups -OCH3 is 2. The van der Waals surface area contributed by atoms with Crippen molar-refractivity contribution >= 4 is 23.9 Å². The first-order valence-corrected chi connectivity index (χ1v) is 7.80. The molecule has 1 heterocycles. The number of carbonyl (C=O) groups is 1. The van der Waals surface area contributed by atoms with Crippen molar-refractivity contribution in [2.24, 2.45) is 5.10 Å². The van der Waals surface area contributed by atoms with Gasteiger partial charge < -0.3 is 14.6 Å². The summed E-state index contributed by atoms with van der Waals surface area (Å²) in [5.74, 6) is 0.512. The summed E-state index contributed by atoms with van der Waals surface area (Å²) < 4.78 is 10.1. The highest BCUT2D eigenvalue weighted by atomic mass is 32.2. The van der Waals surface area contributed by atoms with E-state index >= 15 is 0 Å². The van der Waals surface area contributed by atoms with Crippen molar-refractivity contribution in [3.8, 4) is 17.5 Å². The van der Waals surface area contributed by atoms with Crippen molar-refractivity contribution < 1.29 is 19.4 Å². The molecule has 0 aliphatic heterocycles. The third-order valence-corrected chi connectivity index (χ3v) is 3.59. The molecule has 9 heteroatoms. The summed E-state index contributed by atoms with van der Waals surface area (Å²) >= 11 is 1.12. The number of amides is 1. The van der Waals surface area contributed by atoms with Gasteiger partial charge in [0.15, 0.2) is 5.16 Å². The first-order chi connectivity index (χ1) is 11.6. The molecule has 0 saturated heterocycles. The molecule has 1 amide bonds. The van der Waals surface area contributed by atoms with Gasteiger partial charge in [0.2, 0.25) is 11.8 Å². The van der Waals surface area contributed by atoms with Crippen LogP contribution in [0.4, 0.5) is 0 Å². The fourth-order valence-corrected chi connectivity index (χ4v) is 2.22. The Hall–Kier alpha value is -2.81. The van der Waals surface area contributed by atoms with E-state index in [-0.39, 0.29) is 17.4 Å². The molecule has 0 saturated carbocycles. The molecule has 126 valence electrons. The number of rotatable bonds is 7. The molecule has 0 bridgehead atoms. The molecule has 0 fully saturated rings. The maximum Gasteiger partial charge on any atom is 0.250 e. The number of thioether (sulfide) groups is 1. The van der Waals surface area contributed by atoms with E-state index in [1.807, 2.05) is 0 Å². The Balaban J connectivity index is 1.88. The van der Waals surface area contributed by atoms with Crippen LogP contribution in [0, 0.1) is 0 Å². The number of hydrogen-bond acceptors (Lipinski definition) is 8. The van der Waals surface area contributed by atoms with Crippen molar-refractivity contribution in [2.45, 2.75) is 5.16 Å². The number of para-hydroxylation sites is 1. The van der Waals surface area contributed by atoms with Gasteiger partial charge >= 0.3 is 0 Å². The highest BCUT2D eigenvalue weighted by Crippen LogP contribution is 2.21. The molecule has 2 N–H and O–H groups in total. The number of ether oxygens (including phenoxy) is 2. The van der Waals surface area contributed by atoms with Crippen molar-refractivity contribution in [1.82, 2.24) is 15.4 Å². The van der Waals surface area contributed by atoms with Gasteiger partial charge in [0.25, 0.3) is 5.91 Å². The molecular weight excluding hydrogens is 332 g/mol. The molecule has 1 aromatic heterocycles. The fourth-order valence-electron chi connectivity index (χ4n) is 1.59. The minimum absolute atomic E-state index is 0.0639. The molecule has 0 aliphatic rings. The van der Waals surface area contributed by atoms with Gasteiger partial charge in [-0.2, -0.15) is 15.1 Å². The zero-order chi connectivity index (χ0) is 17.4. The zero-order valence-electron chi connectivity index (χ0n) is 13.1. The molecular formula is C15H16N4O4S. The predicted octanol–water partition coefficient (Wildman–Crippen LogP) is 1.44. The molecule has 2 aromatic rings. The van der Waals surface area contributed by atoms with Gasteiger partial charge in [-0.15, -0.1) is 0 Å². The number of nitrogens with zero attached hydrogens (tertiary/aromatic N) is 3. The first-order valence-electron chi connectivity index (χ1n) is 6.82. The van der Waals surface area contributed by atoms with E-state index in [0.29, 0.717) is 22.5 Å². The van der Waals surface area contributed by atoms with Crippen LogP contribution in [0.5, 0.6) is 17.5 Å². The number of hydrogen-bond donors (Lipinski definition) is 2. The van der Waals surface area contributed by atoms with Crippen LogP contribution in [0.2, 0.25) is 0 Å². The number of phenolic OH excluding ortho intramolecular Hbond substituents is 1. The van der Waals surface area contributed by atoms with Gasteiger partial charge in [0, 0.05) is 5.56 Å². The van der Waals surface area contributed by atoms with Gasteiger partial charge in [-0.1, -0.05) is 23.9 Å². The van der Waals surface area contributed by atoms with E-state index in [2.05, 4.69) is 20.5 Å².